The smallest absolute Gasteiger partial charge is 0.125 e. The minimum Gasteiger partial charge on any atom is -0.392 e. The SMILES string of the molecule is CC1OCCC1N(C)c1cc(F)cc(CO)c1. The second-order valence-electron chi connectivity index (χ2n) is 4.52. The van der Waals surface area contributed by atoms with Crippen LogP contribution in [0.4, 0.5) is 10.1 Å². The Morgan fingerprint density at radius 1 is 1.47 bits per heavy atom. The zero-order valence-corrected chi connectivity index (χ0v) is 10.2. The van der Waals surface area contributed by atoms with E-state index in [0.717, 1.165) is 18.7 Å². The van der Waals surface area contributed by atoms with Crippen molar-refractivity contribution in [3.63, 3.8) is 0 Å². The van der Waals surface area contributed by atoms with E-state index in [1.807, 2.05) is 24.9 Å². The molecular weight excluding hydrogens is 221 g/mol. The number of halogens is 1. The summed E-state index contributed by atoms with van der Waals surface area (Å²) in [6.07, 6.45) is 1.10. The van der Waals surface area contributed by atoms with E-state index in [4.69, 9.17) is 9.84 Å². The minimum absolute atomic E-state index is 0.144. The van der Waals surface area contributed by atoms with Gasteiger partial charge < -0.3 is 14.7 Å². The van der Waals surface area contributed by atoms with Crippen molar-refractivity contribution in [2.24, 2.45) is 0 Å². The quantitative estimate of drug-likeness (QED) is 0.875. The zero-order valence-electron chi connectivity index (χ0n) is 10.2. The molecule has 0 bridgehead atoms. The normalized spacial score (nSPS) is 24.0. The Kier molecular flexibility index (Phi) is 3.64. The summed E-state index contributed by atoms with van der Waals surface area (Å²) >= 11 is 0. The van der Waals surface area contributed by atoms with Gasteiger partial charge >= 0.3 is 0 Å². The first-order valence-corrected chi connectivity index (χ1v) is 5.86. The Balaban J connectivity index is 2.23. The van der Waals surface area contributed by atoms with Gasteiger partial charge in [0.2, 0.25) is 0 Å². The van der Waals surface area contributed by atoms with Crippen LogP contribution in [0.15, 0.2) is 18.2 Å². The highest BCUT2D eigenvalue weighted by Crippen LogP contribution is 2.25. The number of aliphatic hydroxyl groups excluding tert-OH is 1. The molecule has 1 fully saturated rings. The molecule has 1 aromatic rings. The molecule has 0 saturated carbocycles. The van der Waals surface area contributed by atoms with Gasteiger partial charge in [0, 0.05) is 19.3 Å². The molecule has 2 unspecified atom stereocenters. The Hall–Kier alpha value is -1.13. The number of hydrogen-bond acceptors (Lipinski definition) is 3. The molecule has 0 radical (unpaired) electrons. The van der Waals surface area contributed by atoms with Gasteiger partial charge in [0.1, 0.15) is 5.82 Å². The lowest BCUT2D eigenvalue weighted by Gasteiger charge is -2.29. The molecule has 0 aliphatic carbocycles. The predicted octanol–water partition coefficient (Wildman–Crippen LogP) is 1.93. The summed E-state index contributed by atoms with van der Waals surface area (Å²) in [4.78, 5) is 2.03. The molecule has 2 atom stereocenters. The van der Waals surface area contributed by atoms with Gasteiger partial charge in [-0.15, -0.1) is 0 Å². The number of hydrogen-bond donors (Lipinski definition) is 1. The van der Waals surface area contributed by atoms with Crippen LogP contribution in [0.25, 0.3) is 0 Å². The number of rotatable bonds is 3. The first-order chi connectivity index (χ1) is 8.11. The molecule has 0 aromatic heterocycles. The molecule has 17 heavy (non-hydrogen) atoms. The van der Waals surface area contributed by atoms with E-state index in [-0.39, 0.29) is 24.6 Å². The largest absolute Gasteiger partial charge is 0.392 e. The molecule has 1 aromatic carbocycles. The highest BCUT2D eigenvalue weighted by molar-refractivity contribution is 5.49. The second-order valence-corrected chi connectivity index (χ2v) is 4.52. The monoisotopic (exact) mass is 239 g/mol. The minimum atomic E-state index is -0.315. The van der Waals surface area contributed by atoms with Gasteiger partial charge in [-0.25, -0.2) is 4.39 Å². The van der Waals surface area contributed by atoms with Crippen molar-refractivity contribution in [2.75, 3.05) is 18.6 Å². The van der Waals surface area contributed by atoms with Crippen molar-refractivity contribution in [3.05, 3.63) is 29.6 Å². The van der Waals surface area contributed by atoms with Gasteiger partial charge in [0.05, 0.1) is 18.8 Å². The third-order valence-electron chi connectivity index (χ3n) is 3.37. The Morgan fingerprint density at radius 2 is 2.24 bits per heavy atom. The summed E-state index contributed by atoms with van der Waals surface area (Å²) < 4.78 is 18.9. The zero-order chi connectivity index (χ0) is 12.4. The number of nitrogens with zero attached hydrogens (tertiary/aromatic N) is 1. The van der Waals surface area contributed by atoms with Crippen LogP contribution in [-0.2, 0) is 11.3 Å². The van der Waals surface area contributed by atoms with Crippen LogP contribution in [0.2, 0.25) is 0 Å². The molecule has 1 aliphatic rings. The Bertz CT molecular complexity index is 397. The first kappa shape index (κ1) is 12.3. The lowest BCUT2D eigenvalue weighted by Crippen LogP contribution is -2.36. The fraction of sp³-hybridized carbons (Fsp3) is 0.538. The van der Waals surface area contributed by atoms with Gasteiger partial charge in [-0.05, 0) is 37.1 Å². The highest BCUT2D eigenvalue weighted by atomic mass is 19.1. The lowest BCUT2D eigenvalue weighted by molar-refractivity contribution is 0.118. The fourth-order valence-corrected chi connectivity index (χ4v) is 2.35. The van der Waals surface area contributed by atoms with Gasteiger partial charge in [-0.3, -0.25) is 0 Å². The van der Waals surface area contributed by atoms with E-state index in [1.165, 1.54) is 12.1 Å². The second kappa shape index (κ2) is 5.02. The van der Waals surface area contributed by atoms with E-state index < -0.39 is 0 Å². The van der Waals surface area contributed by atoms with E-state index >= 15 is 0 Å². The third kappa shape index (κ3) is 2.58. The summed E-state index contributed by atoms with van der Waals surface area (Å²) in [5.74, 6) is -0.315. The summed E-state index contributed by atoms with van der Waals surface area (Å²) in [5, 5.41) is 9.08. The Labute approximate surface area is 101 Å². The number of benzene rings is 1. The van der Waals surface area contributed by atoms with Gasteiger partial charge in [-0.2, -0.15) is 0 Å². The van der Waals surface area contributed by atoms with Crippen LogP contribution in [0.5, 0.6) is 0 Å². The third-order valence-corrected chi connectivity index (χ3v) is 3.37. The molecule has 0 amide bonds. The van der Waals surface area contributed by atoms with Crippen molar-refractivity contribution in [2.45, 2.75) is 32.1 Å². The van der Waals surface area contributed by atoms with Crippen LogP contribution < -0.4 is 4.90 Å². The molecule has 2 rings (SSSR count). The standard InChI is InChI=1S/C13H18FNO2/c1-9-13(3-4-17-9)15(2)12-6-10(8-16)5-11(14)7-12/h5-7,9,13,16H,3-4,8H2,1-2H3. The highest BCUT2D eigenvalue weighted by Gasteiger charge is 2.28. The molecule has 1 N–H and O–H groups in total. The van der Waals surface area contributed by atoms with Crippen LogP contribution >= 0.6 is 0 Å². The maximum absolute atomic E-state index is 13.4. The number of likely N-dealkylation sites (N-methyl/N-ethyl adjacent to an activating group) is 1. The van der Waals surface area contributed by atoms with E-state index in [1.54, 1.807) is 0 Å². The van der Waals surface area contributed by atoms with E-state index in [9.17, 15) is 4.39 Å². The summed E-state index contributed by atoms with van der Waals surface area (Å²) in [7, 11) is 1.94. The maximum atomic E-state index is 13.4. The van der Waals surface area contributed by atoms with E-state index in [0.29, 0.717) is 5.56 Å². The molecule has 4 heteroatoms. The average Bonchev–Trinajstić information content (AvgIpc) is 2.73. The summed E-state index contributed by atoms with van der Waals surface area (Å²) in [6.45, 7) is 2.63. The molecule has 94 valence electrons. The van der Waals surface area contributed by atoms with Gasteiger partial charge in [0.15, 0.2) is 0 Å². The Morgan fingerprint density at radius 3 is 2.82 bits per heavy atom. The number of anilines is 1. The number of ether oxygens (including phenoxy) is 1. The molecule has 1 saturated heterocycles. The van der Waals surface area contributed by atoms with Crippen molar-refractivity contribution in [3.8, 4) is 0 Å². The maximum Gasteiger partial charge on any atom is 0.125 e. The fourth-order valence-electron chi connectivity index (χ4n) is 2.35. The molecule has 3 nitrogen and oxygen atoms in total. The van der Waals surface area contributed by atoms with Crippen molar-refractivity contribution < 1.29 is 14.2 Å². The van der Waals surface area contributed by atoms with Crippen molar-refractivity contribution in [1.29, 1.82) is 0 Å². The van der Waals surface area contributed by atoms with Crippen molar-refractivity contribution in [1.82, 2.24) is 0 Å². The van der Waals surface area contributed by atoms with E-state index in [2.05, 4.69) is 0 Å². The molecule has 1 aliphatic heterocycles. The summed E-state index contributed by atoms with van der Waals surface area (Å²) in [6, 6.07) is 4.92. The lowest BCUT2D eigenvalue weighted by atomic mass is 10.1. The van der Waals surface area contributed by atoms with Crippen molar-refractivity contribution >= 4 is 5.69 Å². The summed E-state index contributed by atoms with van der Waals surface area (Å²) in [5.41, 5.74) is 1.38. The van der Waals surface area contributed by atoms with Gasteiger partial charge in [0.25, 0.3) is 0 Å². The average molecular weight is 239 g/mol. The van der Waals surface area contributed by atoms with Crippen LogP contribution in [0.3, 0.4) is 0 Å². The van der Waals surface area contributed by atoms with Crippen LogP contribution in [-0.4, -0.2) is 30.9 Å². The van der Waals surface area contributed by atoms with Gasteiger partial charge in [-0.1, -0.05) is 0 Å². The number of aliphatic hydroxyl groups is 1. The molecule has 1 heterocycles. The van der Waals surface area contributed by atoms with Crippen LogP contribution in [0, 0.1) is 5.82 Å². The topological polar surface area (TPSA) is 32.7 Å². The molecular formula is C13H18FNO2. The first-order valence-electron chi connectivity index (χ1n) is 5.86. The predicted molar refractivity (Wildman–Crippen MR) is 64.5 cm³/mol. The van der Waals surface area contributed by atoms with Crippen LogP contribution in [0.1, 0.15) is 18.9 Å². The molecule has 0 spiro atoms.